The Morgan fingerprint density at radius 1 is 1.15 bits per heavy atom. The fourth-order valence-electron chi connectivity index (χ4n) is 1.85. The molecule has 1 heterocycles. The molecule has 0 fully saturated rings. The lowest BCUT2D eigenvalue weighted by atomic mass is 9.99. The predicted molar refractivity (Wildman–Crippen MR) is 80.0 cm³/mol. The van der Waals surface area contributed by atoms with Gasteiger partial charge in [-0.15, -0.1) is 0 Å². The van der Waals surface area contributed by atoms with Gasteiger partial charge in [0, 0.05) is 18.0 Å². The van der Waals surface area contributed by atoms with E-state index in [0.29, 0.717) is 5.71 Å². The van der Waals surface area contributed by atoms with Gasteiger partial charge in [-0.3, -0.25) is 4.98 Å². The van der Waals surface area contributed by atoms with Crippen molar-refractivity contribution >= 4 is 17.4 Å². The molecule has 0 aliphatic carbocycles. The van der Waals surface area contributed by atoms with Crippen LogP contribution in [0, 0.1) is 0 Å². The molecule has 1 aromatic heterocycles. The maximum absolute atomic E-state index is 9.06. The van der Waals surface area contributed by atoms with Crippen LogP contribution in [0.2, 0.25) is 0 Å². The molecule has 20 heavy (non-hydrogen) atoms. The van der Waals surface area contributed by atoms with Crippen molar-refractivity contribution in [3.63, 3.8) is 0 Å². The van der Waals surface area contributed by atoms with E-state index in [0.717, 1.165) is 22.4 Å². The van der Waals surface area contributed by atoms with Gasteiger partial charge in [0.15, 0.2) is 0 Å². The minimum Gasteiger partial charge on any atom is -0.497 e. The minimum absolute atomic E-state index is 0.548. The fourth-order valence-corrected chi connectivity index (χ4v) is 1.85. The molecule has 0 unspecified atom stereocenters. The molecule has 4 heteroatoms. The number of allylic oxidation sites excluding steroid dienone is 1. The van der Waals surface area contributed by atoms with E-state index in [1.54, 1.807) is 26.4 Å². The van der Waals surface area contributed by atoms with E-state index in [9.17, 15) is 0 Å². The number of hydrogen-bond acceptors (Lipinski definition) is 4. The topological polar surface area (TPSA) is 54.7 Å². The number of hydrogen-bond donors (Lipinski definition) is 1. The van der Waals surface area contributed by atoms with Crippen LogP contribution < -0.4 is 4.74 Å². The largest absolute Gasteiger partial charge is 0.497 e. The molecule has 2 aromatic rings. The number of nitrogens with zero attached hydrogens (tertiary/aromatic N) is 2. The second-order valence-electron chi connectivity index (χ2n) is 4.25. The number of oxime groups is 1. The number of rotatable bonds is 4. The molecule has 2 rings (SSSR count). The summed E-state index contributed by atoms with van der Waals surface area (Å²) in [6.45, 7) is 1.76. The molecule has 0 bridgehead atoms. The quantitative estimate of drug-likeness (QED) is 0.524. The molecule has 1 aromatic carbocycles. The zero-order valence-electron chi connectivity index (χ0n) is 11.4. The molecule has 4 nitrogen and oxygen atoms in total. The molecule has 0 amide bonds. The lowest BCUT2D eigenvalue weighted by Crippen LogP contribution is -1.97. The summed E-state index contributed by atoms with van der Waals surface area (Å²) < 4.78 is 5.15. The van der Waals surface area contributed by atoms with Gasteiger partial charge < -0.3 is 9.94 Å². The monoisotopic (exact) mass is 268 g/mol. The van der Waals surface area contributed by atoms with Crippen molar-refractivity contribution < 1.29 is 9.94 Å². The molecule has 0 radical (unpaired) electrons. The molecule has 0 aliphatic rings. The average molecular weight is 268 g/mol. The standard InChI is InChI=1S/C16H16N2O2/c1-12(18-19)16(11-13-7-9-17-10-8-13)14-3-5-15(20-2)6-4-14/h3-11,19H,1-2H3/b16-11+,18-12+. The van der Waals surface area contributed by atoms with Crippen molar-refractivity contribution in [3.8, 4) is 5.75 Å². The van der Waals surface area contributed by atoms with Gasteiger partial charge in [0.05, 0.1) is 12.8 Å². The fraction of sp³-hybridized carbons (Fsp3) is 0.125. The van der Waals surface area contributed by atoms with E-state index in [1.807, 2.05) is 42.5 Å². The van der Waals surface area contributed by atoms with Crippen LogP contribution in [0.5, 0.6) is 5.75 Å². The molecular weight excluding hydrogens is 252 g/mol. The van der Waals surface area contributed by atoms with Gasteiger partial charge in [-0.05, 0) is 48.4 Å². The zero-order valence-corrected chi connectivity index (χ0v) is 11.4. The summed E-state index contributed by atoms with van der Waals surface area (Å²) in [5.74, 6) is 0.788. The Morgan fingerprint density at radius 3 is 2.35 bits per heavy atom. The van der Waals surface area contributed by atoms with E-state index >= 15 is 0 Å². The summed E-state index contributed by atoms with van der Waals surface area (Å²) in [4.78, 5) is 3.99. The summed E-state index contributed by atoms with van der Waals surface area (Å²) in [5.41, 5.74) is 3.35. The summed E-state index contributed by atoms with van der Waals surface area (Å²) in [7, 11) is 1.63. The number of aromatic nitrogens is 1. The highest BCUT2D eigenvalue weighted by Gasteiger charge is 2.07. The second-order valence-corrected chi connectivity index (χ2v) is 4.25. The van der Waals surface area contributed by atoms with E-state index in [2.05, 4.69) is 10.1 Å². The highest BCUT2D eigenvalue weighted by atomic mass is 16.5. The van der Waals surface area contributed by atoms with Gasteiger partial charge in [-0.1, -0.05) is 17.3 Å². The van der Waals surface area contributed by atoms with Gasteiger partial charge in [-0.2, -0.15) is 0 Å². The van der Waals surface area contributed by atoms with Crippen LogP contribution >= 0.6 is 0 Å². The Morgan fingerprint density at radius 2 is 1.80 bits per heavy atom. The van der Waals surface area contributed by atoms with E-state index in [4.69, 9.17) is 9.94 Å². The maximum Gasteiger partial charge on any atom is 0.118 e. The molecule has 0 spiro atoms. The summed E-state index contributed by atoms with van der Waals surface area (Å²) in [5, 5.41) is 12.4. The lowest BCUT2D eigenvalue weighted by molar-refractivity contribution is 0.319. The SMILES string of the molecule is COc1ccc(C(=C/c2ccncc2)/C(C)=N/O)cc1. The lowest BCUT2D eigenvalue weighted by Gasteiger charge is -2.08. The Balaban J connectivity index is 2.45. The number of methoxy groups -OCH3 is 1. The van der Waals surface area contributed by atoms with Gasteiger partial charge in [-0.25, -0.2) is 0 Å². The van der Waals surface area contributed by atoms with E-state index in [-0.39, 0.29) is 0 Å². The van der Waals surface area contributed by atoms with Crippen molar-refractivity contribution in [3.05, 3.63) is 59.9 Å². The molecule has 0 saturated heterocycles. The van der Waals surface area contributed by atoms with Crippen LogP contribution in [0.25, 0.3) is 11.6 Å². The Kier molecular flexibility index (Phi) is 4.50. The van der Waals surface area contributed by atoms with Crippen molar-refractivity contribution in [1.29, 1.82) is 0 Å². The first kappa shape index (κ1) is 13.8. The van der Waals surface area contributed by atoms with Gasteiger partial charge in [0.2, 0.25) is 0 Å². The zero-order chi connectivity index (χ0) is 14.4. The molecule has 0 aliphatic heterocycles. The summed E-state index contributed by atoms with van der Waals surface area (Å²) >= 11 is 0. The molecule has 0 atom stereocenters. The Bertz CT molecular complexity index is 617. The van der Waals surface area contributed by atoms with E-state index in [1.165, 1.54) is 0 Å². The molecule has 102 valence electrons. The van der Waals surface area contributed by atoms with Crippen LogP contribution in [0.15, 0.2) is 53.9 Å². The first-order chi connectivity index (χ1) is 9.74. The normalized spacial score (nSPS) is 12.3. The number of benzene rings is 1. The Hall–Kier alpha value is -2.62. The third-order valence-electron chi connectivity index (χ3n) is 2.96. The molecule has 0 saturated carbocycles. The first-order valence-corrected chi connectivity index (χ1v) is 6.20. The van der Waals surface area contributed by atoms with Crippen LogP contribution in [-0.4, -0.2) is 23.0 Å². The minimum atomic E-state index is 0.548. The smallest absolute Gasteiger partial charge is 0.118 e. The van der Waals surface area contributed by atoms with Crippen LogP contribution in [-0.2, 0) is 0 Å². The highest BCUT2D eigenvalue weighted by Crippen LogP contribution is 2.22. The average Bonchev–Trinajstić information content (AvgIpc) is 2.53. The van der Waals surface area contributed by atoms with Crippen LogP contribution in [0.1, 0.15) is 18.1 Å². The van der Waals surface area contributed by atoms with Crippen molar-refractivity contribution in [2.45, 2.75) is 6.92 Å². The highest BCUT2D eigenvalue weighted by molar-refractivity contribution is 6.26. The van der Waals surface area contributed by atoms with Crippen LogP contribution in [0.4, 0.5) is 0 Å². The van der Waals surface area contributed by atoms with Crippen molar-refractivity contribution in [1.82, 2.24) is 4.98 Å². The maximum atomic E-state index is 9.06. The van der Waals surface area contributed by atoms with Gasteiger partial charge >= 0.3 is 0 Å². The molecule has 1 N–H and O–H groups in total. The van der Waals surface area contributed by atoms with Crippen LogP contribution in [0.3, 0.4) is 0 Å². The van der Waals surface area contributed by atoms with Gasteiger partial charge in [0.25, 0.3) is 0 Å². The van der Waals surface area contributed by atoms with Gasteiger partial charge in [0.1, 0.15) is 5.75 Å². The predicted octanol–water partition coefficient (Wildman–Crippen LogP) is 3.48. The molecular formula is C16H16N2O2. The second kappa shape index (κ2) is 6.52. The Labute approximate surface area is 118 Å². The first-order valence-electron chi connectivity index (χ1n) is 6.20. The number of pyridine rings is 1. The van der Waals surface area contributed by atoms with E-state index < -0.39 is 0 Å². The van der Waals surface area contributed by atoms with Crippen molar-refractivity contribution in [2.75, 3.05) is 7.11 Å². The summed E-state index contributed by atoms with van der Waals surface area (Å²) in [6, 6.07) is 11.4. The van der Waals surface area contributed by atoms with Crippen molar-refractivity contribution in [2.24, 2.45) is 5.16 Å². The third kappa shape index (κ3) is 3.23. The summed E-state index contributed by atoms with van der Waals surface area (Å²) in [6.07, 6.45) is 5.41. The number of ether oxygens (including phenoxy) is 1. The third-order valence-corrected chi connectivity index (χ3v) is 2.96.